The van der Waals surface area contributed by atoms with Gasteiger partial charge in [0, 0.05) is 6.04 Å². The van der Waals surface area contributed by atoms with Crippen LogP contribution < -0.4 is 10.5 Å². The highest BCUT2D eigenvalue weighted by atomic mass is 16.5. The second-order valence-electron chi connectivity index (χ2n) is 5.63. The summed E-state index contributed by atoms with van der Waals surface area (Å²) in [5, 5.41) is 0. The SMILES string of the molecule is Cc1ccc(COc2ccc3c(c2)CCCC3N)cc1. The van der Waals surface area contributed by atoms with Gasteiger partial charge in [0.05, 0.1) is 0 Å². The molecule has 2 heteroatoms. The van der Waals surface area contributed by atoms with E-state index in [0.717, 1.165) is 18.6 Å². The average molecular weight is 267 g/mol. The topological polar surface area (TPSA) is 35.2 Å². The minimum absolute atomic E-state index is 0.199. The van der Waals surface area contributed by atoms with Crippen molar-refractivity contribution >= 4 is 0 Å². The lowest BCUT2D eigenvalue weighted by Gasteiger charge is -2.22. The van der Waals surface area contributed by atoms with Gasteiger partial charge in [-0.3, -0.25) is 0 Å². The average Bonchev–Trinajstić information content (AvgIpc) is 2.47. The molecule has 1 atom stereocenters. The van der Waals surface area contributed by atoms with E-state index in [4.69, 9.17) is 10.5 Å². The normalized spacial score (nSPS) is 17.6. The van der Waals surface area contributed by atoms with Crippen LogP contribution in [0.4, 0.5) is 0 Å². The van der Waals surface area contributed by atoms with Crippen molar-refractivity contribution in [1.82, 2.24) is 0 Å². The van der Waals surface area contributed by atoms with Crippen LogP contribution in [0.3, 0.4) is 0 Å². The van der Waals surface area contributed by atoms with Crippen LogP contribution >= 0.6 is 0 Å². The Bertz CT molecular complexity index is 589. The Hall–Kier alpha value is -1.80. The Labute approximate surface area is 120 Å². The minimum Gasteiger partial charge on any atom is -0.489 e. The summed E-state index contributed by atoms with van der Waals surface area (Å²) < 4.78 is 5.89. The summed E-state index contributed by atoms with van der Waals surface area (Å²) in [7, 11) is 0. The molecule has 20 heavy (non-hydrogen) atoms. The van der Waals surface area contributed by atoms with E-state index in [2.05, 4.69) is 43.3 Å². The lowest BCUT2D eigenvalue weighted by molar-refractivity contribution is 0.305. The number of aryl methyl sites for hydroxylation is 2. The molecule has 0 saturated heterocycles. The predicted octanol–water partition coefficient (Wildman–Crippen LogP) is 3.91. The van der Waals surface area contributed by atoms with Gasteiger partial charge in [-0.2, -0.15) is 0 Å². The van der Waals surface area contributed by atoms with Gasteiger partial charge >= 0.3 is 0 Å². The molecule has 3 rings (SSSR count). The Morgan fingerprint density at radius 2 is 1.95 bits per heavy atom. The van der Waals surface area contributed by atoms with Crippen LogP contribution in [-0.4, -0.2) is 0 Å². The maximum Gasteiger partial charge on any atom is 0.120 e. The first-order chi connectivity index (χ1) is 9.72. The van der Waals surface area contributed by atoms with E-state index in [9.17, 15) is 0 Å². The molecule has 2 N–H and O–H groups in total. The molecule has 1 aliphatic carbocycles. The number of hydrogen-bond acceptors (Lipinski definition) is 2. The highest BCUT2D eigenvalue weighted by Crippen LogP contribution is 2.30. The largest absolute Gasteiger partial charge is 0.489 e. The van der Waals surface area contributed by atoms with E-state index < -0.39 is 0 Å². The van der Waals surface area contributed by atoms with Gasteiger partial charge in [0.15, 0.2) is 0 Å². The summed E-state index contributed by atoms with van der Waals surface area (Å²) in [4.78, 5) is 0. The molecule has 0 fully saturated rings. The van der Waals surface area contributed by atoms with Crippen LogP contribution in [0.1, 0.15) is 41.1 Å². The molecular weight excluding hydrogens is 246 g/mol. The van der Waals surface area contributed by atoms with Gasteiger partial charge in [-0.15, -0.1) is 0 Å². The maximum absolute atomic E-state index is 6.13. The summed E-state index contributed by atoms with van der Waals surface area (Å²) in [5.41, 5.74) is 11.3. The van der Waals surface area contributed by atoms with Crippen LogP contribution in [0.5, 0.6) is 5.75 Å². The number of rotatable bonds is 3. The summed E-state index contributed by atoms with van der Waals surface area (Å²) in [6, 6.07) is 15.0. The fraction of sp³-hybridized carbons (Fsp3) is 0.333. The fourth-order valence-electron chi connectivity index (χ4n) is 2.77. The molecule has 0 bridgehead atoms. The van der Waals surface area contributed by atoms with E-state index in [-0.39, 0.29) is 6.04 Å². The van der Waals surface area contributed by atoms with Crippen LogP contribution in [0, 0.1) is 6.92 Å². The lowest BCUT2D eigenvalue weighted by Crippen LogP contribution is -2.17. The molecule has 104 valence electrons. The van der Waals surface area contributed by atoms with Gasteiger partial charge in [0.2, 0.25) is 0 Å². The zero-order valence-electron chi connectivity index (χ0n) is 11.9. The van der Waals surface area contributed by atoms with Gasteiger partial charge < -0.3 is 10.5 Å². The Balaban J connectivity index is 1.70. The first-order valence-electron chi connectivity index (χ1n) is 7.29. The standard InChI is InChI=1S/C18H21NO/c1-13-5-7-14(8-6-13)12-20-16-9-10-17-15(11-16)3-2-4-18(17)19/h5-11,18H,2-4,12,19H2,1H3. The third-order valence-electron chi connectivity index (χ3n) is 4.00. The van der Waals surface area contributed by atoms with E-state index in [1.165, 1.54) is 28.7 Å². The zero-order valence-corrected chi connectivity index (χ0v) is 11.9. The molecule has 0 spiro atoms. The van der Waals surface area contributed by atoms with E-state index in [1.54, 1.807) is 0 Å². The quantitative estimate of drug-likeness (QED) is 0.915. The van der Waals surface area contributed by atoms with Crippen molar-refractivity contribution < 1.29 is 4.74 Å². The van der Waals surface area contributed by atoms with Crippen LogP contribution in [0.25, 0.3) is 0 Å². The summed E-state index contributed by atoms with van der Waals surface area (Å²) >= 11 is 0. The molecule has 1 unspecified atom stereocenters. The smallest absolute Gasteiger partial charge is 0.120 e. The van der Waals surface area contributed by atoms with Crippen molar-refractivity contribution in [3.63, 3.8) is 0 Å². The molecule has 2 aromatic carbocycles. The van der Waals surface area contributed by atoms with Crippen molar-refractivity contribution in [1.29, 1.82) is 0 Å². The van der Waals surface area contributed by atoms with Crippen molar-refractivity contribution in [3.8, 4) is 5.75 Å². The molecular formula is C18H21NO. The van der Waals surface area contributed by atoms with Crippen molar-refractivity contribution in [2.75, 3.05) is 0 Å². The summed E-state index contributed by atoms with van der Waals surface area (Å²) in [6.45, 7) is 2.71. The van der Waals surface area contributed by atoms with E-state index >= 15 is 0 Å². The minimum atomic E-state index is 0.199. The van der Waals surface area contributed by atoms with E-state index in [0.29, 0.717) is 6.61 Å². The van der Waals surface area contributed by atoms with Gasteiger partial charge in [-0.05, 0) is 55.0 Å². The van der Waals surface area contributed by atoms with Gasteiger partial charge in [0.25, 0.3) is 0 Å². The molecule has 0 saturated carbocycles. The van der Waals surface area contributed by atoms with Gasteiger partial charge in [-0.25, -0.2) is 0 Å². The van der Waals surface area contributed by atoms with Crippen LogP contribution in [0.2, 0.25) is 0 Å². The van der Waals surface area contributed by atoms with Crippen LogP contribution in [-0.2, 0) is 13.0 Å². The van der Waals surface area contributed by atoms with Gasteiger partial charge in [0.1, 0.15) is 12.4 Å². The second-order valence-corrected chi connectivity index (χ2v) is 5.63. The summed E-state index contributed by atoms with van der Waals surface area (Å²) in [5.74, 6) is 0.943. The number of hydrogen-bond donors (Lipinski definition) is 1. The third-order valence-corrected chi connectivity index (χ3v) is 4.00. The number of fused-ring (bicyclic) bond motifs is 1. The van der Waals surface area contributed by atoms with Crippen molar-refractivity contribution in [3.05, 3.63) is 64.7 Å². The predicted molar refractivity (Wildman–Crippen MR) is 81.8 cm³/mol. The first-order valence-corrected chi connectivity index (χ1v) is 7.29. The Kier molecular flexibility index (Phi) is 3.75. The molecule has 0 aromatic heterocycles. The molecule has 0 amide bonds. The van der Waals surface area contributed by atoms with Gasteiger partial charge in [-0.1, -0.05) is 35.9 Å². The molecule has 2 nitrogen and oxygen atoms in total. The van der Waals surface area contributed by atoms with Crippen molar-refractivity contribution in [2.45, 2.75) is 38.8 Å². The number of benzene rings is 2. The van der Waals surface area contributed by atoms with Crippen LogP contribution in [0.15, 0.2) is 42.5 Å². The highest BCUT2D eigenvalue weighted by molar-refractivity contribution is 5.39. The van der Waals surface area contributed by atoms with Crippen molar-refractivity contribution in [2.24, 2.45) is 5.73 Å². The lowest BCUT2D eigenvalue weighted by atomic mass is 9.88. The first kappa shape index (κ1) is 13.2. The molecule has 1 aliphatic rings. The van der Waals surface area contributed by atoms with E-state index in [1.807, 2.05) is 6.07 Å². The number of ether oxygens (including phenoxy) is 1. The highest BCUT2D eigenvalue weighted by Gasteiger charge is 2.16. The Morgan fingerprint density at radius 3 is 2.75 bits per heavy atom. The maximum atomic E-state index is 6.13. The summed E-state index contributed by atoms with van der Waals surface area (Å²) in [6.07, 6.45) is 3.39. The monoisotopic (exact) mass is 267 g/mol. The number of nitrogens with two attached hydrogens (primary N) is 1. The second kappa shape index (κ2) is 5.68. The molecule has 2 aromatic rings. The molecule has 0 heterocycles. The fourth-order valence-corrected chi connectivity index (χ4v) is 2.77. The molecule has 0 radical (unpaired) electrons. The third kappa shape index (κ3) is 2.86. The zero-order chi connectivity index (χ0) is 13.9. The molecule has 0 aliphatic heterocycles. The Morgan fingerprint density at radius 1 is 1.15 bits per heavy atom.